The molecule has 1 fully saturated rings. The molecule has 2 heteroatoms. The third kappa shape index (κ3) is 2.63. The fourth-order valence-electron chi connectivity index (χ4n) is 1.99. The van der Waals surface area contributed by atoms with Crippen LogP contribution in [-0.2, 0) is 4.79 Å². The van der Waals surface area contributed by atoms with Gasteiger partial charge >= 0.3 is 0 Å². The SMILES string of the molecule is Cc1ccc(SC2CCC(=O)C2)c(C)c1. The molecule has 0 aromatic heterocycles. The number of hydrogen-bond acceptors (Lipinski definition) is 2. The molecule has 2 rings (SSSR count). The minimum absolute atomic E-state index is 0.428. The standard InChI is InChI=1S/C13H16OS/c1-9-3-6-13(10(2)7-9)15-12-5-4-11(14)8-12/h3,6-7,12H,4-5,8H2,1-2H3. The minimum atomic E-state index is 0.428. The van der Waals surface area contributed by atoms with E-state index in [0.29, 0.717) is 11.0 Å². The monoisotopic (exact) mass is 220 g/mol. The van der Waals surface area contributed by atoms with Crippen LogP contribution in [0.2, 0.25) is 0 Å². The van der Waals surface area contributed by atoms with Crippen LogP contribution in [0, 0.1) is 13.8 Å². The number of carbonyl (C=O) groups is 1. The summed E-state index contributed by atoms with van der Waals surface area (Å²) in [7, 11) is 0. The van der Waals surface area contributed by atoms with Crippen LogP contribution in [0.15, 0.2) is 23.1 Å². The van der Waals surface area contributed by atoms with Crippen LogP contribution >= 0.6 is 11.8 Å². The lowest BCUT2D eigenvalue weighted by Gasteiger charge is -2.10. The van der Waals surface area contributed by atoms with Gasteiger partial charge in [-0.25, -0.2) is 0 Å². The number of hydrogen-bond donors (Lipinski definition) is 0. The Kier molecular flexibility index (Phi) is 3.15. The van der Waals surface area contributed by atoms with Crippen molar-refractivity contribution in [2.45, 2.75) is 43.3 Å². The van der Waals surface area contributed by atoms with E-state index in [9.17, 15) is 4.79 Å². The van der Waals surface area contributed by atoms with Crippen molar-refractivity contribution in [1.82, 2.24) is 0 Å². The summed E-state index contributed by atoms with van der Waals surface area (Å²) in [6.07, 6.45) is 2.59. The van der Waals surface area contributed by atoms with Crippen LogP contribution in [0.4, 0.5) is 0 Å². The van der Waals surface area contributed by atoms with Crippen LogP contribution in [-0.4, -0.2) is 11.0 Å². The van der Waals surface area contributed by atoms with E-state index in [1.165, 1.54) is 16.0 Å². The molecule has 1 atom stereocenters. The first kappa shape index (κ1) is 10.7. The molecule has 1 aromatic carbocycles. The first-order valence-electron chi connectivity index (χ1n) is 5.41. The zero-order valence-electron chi connectivity index (χ0n) is 9.25. The molecule has 1 unspecified atom stereocenters. The van der Waals surface area contributed by atoms with Gasteiger partial charge in [-0.1, -0.05) is 17.7 Å². The van der Waals surface area contributed by atoms with Crippen molar-refractivity contribution in [2.75, 3.05) is 0 Å². The summed E-state index contributed by atoms with van der Waals surface area (Å²) >= 11 is 1.87. The van der Waals surface area contributed by atoms with Gasteiger partial charge in [-0.15, -0.1) is 11.8 Å². The number of carbonyl (C=O) groups excluding carboxylic acids is 1. The van der Waals surface area contributed by atoms with Crippen LogP contribution in [0.25, 0.3) is 0 Å². The van der Waals surface area contributed by atoms with Gasteiger partial charge in [0.25, 0.3) is 0 Å². The summed E-state index contributed by atoms with van der Waals surface area (Å²) in [5.41, 5.74) is 2.64. The lowest BCUT2D eigenvalue weighted by Crippen LogP contribution is -1.97. The summed E-state index contributed by atoms with van der Waals surface area (Å²) in [5.74, 6) is 0.428. The average molecular weight is 220 g/mol. The maximum absolute atomic E-state index is 11.2. The van der Waals surface area contributed by atoms with Crippen molar-refractivity contribution in [1.29, 1.82) is 0 Å². The van der Waals surface area contributed by atoms with Gasteiger partial charge in [0, 0.05) is 23.0 Å². The molecular weight excluding hydrogens is 204 g/mol. The lowest BCUT2D eigenvalue weighted by molar-refractivity contribution is -0.117. The van der Waals surface area contributed by atoms with Gasteiger partial charge in [0.05, 0.1) is 0 Å². The van der Waals surface area contributed by atoms with Crippen molar-refractivity contribution in [3.05, 3.63) is 29.3 Å². The highest BCUT2D eigenvalue weighted by Gasteiger charge is 2.23. The third-order valence-electron chi connectivity index (χ3n) is 2.82. The Balaban J connectivity index is 2.07. The largest absolute Gasteiger partial charge is 0.300 e. The summed E-state index contributed by atoms with van der Waals surface area (Å²) in [6, 6.07) is 6.53. The normalized spacial score (nSPS) is 20.9. The topological polar surface area (TPSA) is 17.1 Å². The molecule has 0 amide bonds. The molecule has 0 N–H and O–H groups in total. The number of ketones is 1. The number of rotatable bonds is 2. The van der Waals surface area contributed by atoms with Crippen molar-refractivity contribution < 1.29 is 4.79 Å². The minimum Gasteiger partial charge on any atom is -0.300 e. The first-order chi connectivity index (χ1) is 7.15. The fraction of sp³-hybridized carbons (Fsp3) is 0.462. The van der Waals surface area contributed by atoms with Gasteiger partial charge in [0.2, 0.25) is 0 Å². The molecule has 80 valence electrons. The Bertz CT molecular complexity index is 384. The predicted molar refractivity (Wildman–Crippen MR) is 64.4 cm³/mol. The Morgan fingerprint density at radius 1 is 1.33 bits per heavy atom. The third-order valence-corrected chi connectivity index (χ3v) is 4.27. The number of aryl methyl sites for hydroxylation is 2. The van der Waals surface area contributed by atoms with Crippen molar-refractivity contribution in [3.8, 4) is 0 Å². The second-order valence-corrected chi connectivity index (χ2v) is 5.63. The van der Waals surface area contributed by atoms with Crippen LogP contribution < -0.4 is 0 Å². The van der Waals surface area contributed by atoms with Crippen LogP contribution in [0.1, 0.15) is 30.4 Å². The van der Waals surface area contributed by atoms with E-state index in [0.717, 1.165) is 19.3 Å². The molecule has 1 nitrogen and oxygen atoms in total. The van der Waals surface area contributed by atoms with E-state index in [4.69, 9.17) is 0 Å². The number of benzene rings is 1. The molecule has 0 saturated heterocycles. The molecule has 0 aliphatic heterocycles. The van der Waals surface area contributed by atoms with E-state index >= 15 is 0 Å². The molecule has 0 bridgehead atoms. The zero-order valence-corrected chi connectivity index (χ0v) is 10.1. The molecule has 1 saturated carbocycles. The van der Waals surface area contributed by atoms with Crippen molar-refractivity contribution in [2.24, 2.45) is 0 Å². The van der Waals surface area contributed by atoms with Gasteiger partial charge in [-0.2, -0.15) is 0 Å². The smallest absolute Gasteiger partial charge is 0.134 e. The molecule has 1 aromatic rings. The Morgan fingerprint density at radius 3 is 2.73 bits per heavy atom. The zero-order chi connectivity index (χ0) is 10.8. The molecule has 0 radical (unpaired) electrons. The van der Waals surface area contributed by atoms with Gasteiger partial charge in [-0.05, 0) is 31.9 Å². The molecule has 0 heterocycles. The van der Waals surface area contributed by atoms with E-state index in [2.05, 4.69) is 32.0 Å². The van der Waals surface area contributed by atoms with Crippen molar-refractivity contribution >= 4 is 17.5 Å². The molecule has 15 heavy (non-hydrogen) atoms. The Hall–Kier alpha value is -0.760. The highest BCUT2D eigenvalue weighted by Crippen LogP contribution is 2.34. The molecule has 0 spiro atoms. The Morgan fingerprint density at radius 2 is 2.13 bits per heavy atom. The van der Waals surface area contributed by atoms with Crippen LogP contribution in [0.5, 0.6) is 0 Å². The van der Waals surface area contributed by atoms with Gasteiger partial charge in [0.1, 0.15) is 5.78 Å². The predicted octanol–water partition coefficient (Wildman–Crippen LogP) is 3.52. The highest BCUT2D eigenvalue weighted by atomic mass is 32.2. The quantitative estimate of drug-likeness (QED) is 0.758. The van der Waals surface area contributed by atoms with Gasteiger partial charge < -0.3 is 0 Å². The molecule has 1 aliphatic carbocycles. The molecular formula is C13H16OS. The summed E-state index contributed by atoms with van der Waals surface area (Å²) in [4.78, 5) is 12.5. The molecule has 1 aliphatic rings. The van der Waals surface area contributed by atoms with Gasteiger partial charge in [0.15, 0.2) is 0 Å². The van der Waals surface area contributed by atoms with E-state index in [-0.39, 0.29) is 0 Å². The number of Topliss-reactive ketones (excluding diaryl/α,β-unsaturated/α-hetero) is 1. The first-order valence-corrected chi connectivity index (χ1v) is 6.29. The second kappa shape index (κ2) is 4.40. The second-order valence-electron chi connectivity index (χ2n) is 4.29. The lowest BCUT2D eigenvalue weighted by atomic mass is 10.2. The summed E-state index contributed by atoms with van der Waals surface area (Å²) in [6.45, 7) is 4.26. The van der Waals surface area contributed by atoms with Gasteiger partial charge in [-0.3, -0.25) is 4.79 Å². The number of thioether (sulfide) groups is 1. The average Bonchev–Trinajstić information content (AvgIpc) is 2.56. The van der Waals surface area contributed by atoms with E-state index in [1.807, 2.05) is 11.8 Å². The highest BCUT2D eigenvalue weighted by molar-refractivity contribution is 8.00. The summed E-state index contributed by atoms with van der Waals surface area (Å²) < 4.78 is 0. The summed E-state index contributed by atoms with van der Waals surface area (Å²) in [5, 5.41) is 0.513. The van der Waals surface area contributed by atoms with Crippen LogP contribution in [0.3, 0.4) is 0 Å². The maximum atomic E-state index is 11.2. The van der Waals surface area contributed by atoms with E-state index in [1.54, 1.807) is 0 Å². The van der Waals surface area contributed by atoms with Crippen molar-refractivity contribution in [3.63, 3.8) is 0 Å². The maximum Gasteiger partial charge on any atom is 0.134 e. The fourth-order valence-corrected chi connectivity index (χ4v) is 3.25. The van der Waals surface area contributed by atoms with E-state index < -0.39 is 0 Å². The Labute approximate surface area is 95.3 Å².